The number of rotatable bonds is 15. The van der Waals surface area contributed by atoms with Crippen molar-refractivity contribution >= 4 is 40.1 Å². The lowest BCUT2D eigenvalue weighted by Gasteiger charge is -2.27. The summed E-state index contributed by atoms with van der Waals surface area (Å²) in [5.41, 5.74) is 2.86. The van der Waals surface area contributed by atoms with Crippen LogP contribution in [0.4, 0.5) is 0 Å². The lowest BCUT2D eigenvalue weighted by atomic mass is 10.0. The van der Waals surface area contributed by atoms with Gasteiger partial charge in [0.25, 0.3) is 0 Å². The van der Waals surface area contributed by atoms with Crippen molar-refractivity contribution in [3.8, 4) is 0 Å². The van der Waals surface area contributed by atoms with Crippen molar-refractivity contribution in [3.05, 3.63) is 126 Å². The number of hydrogen-bond acceptors (Lipinski definition) is 2. The Hall–Kier alpha value is -2.67. The summed E-state index contributed by atoms with van der Waals surface area (Å²) < 4.78 is 0. The van der Waals surface area contributed by atoms with Gasteiger partial charge in [-0.05, 0) is 92.5 Å². The van der Waals surface area contributed by atoms with Gasteiger partial charge < -0.3 is 0 Å². The van der Waals surface area contributed by atoms with Crippen molar-refractivity contribution in [1.82, 2.24) is 0 Å². The highest BCUT2D eigenvalue weighted by molar-refractivity contribution is 8.13. The molecule has 39 heavy (non-hydrogen) atoms. The molecule has 0 amide bonds. The number of hydrogen-bond donors (Lipinski definition) is 0. The Bertz CT molecular complexity index is 1140. The van der Waals surface area contributed by atoms with Crippen LogP contribution in [0.5, 0.6) is 0 Å². The Labute approximate surface area is 240 Å². The predicted octanol–water partition coefficient (Wildman–Crippen LogP) is 8.39. The van der Waals surface area contributed by atoms with Gasteiger partial charge in [-0.1, -0.05) is 97.0 Å². The van der Waals surface area contributed by atoms with Crippen LogP contribution >= 0.6 is 19.0 Å². The van der Waals surface area contributed by atoms with Crippen molar-refractivity contribution in [1.29, 1.82) is 0 Å². The van der Waals surface area contributed by atoms with E-state index in [-0.39, 0.29) is 5.12 Å². The zero-order valence-electron chi connectivity index (χ0n) is 23.3. The molecule has 202 valence electrons. The van der Waals surface area contributed by atoms with Crippen LogP contribution in [-0.4, -0.2) is 17.0 Å². The van der Waals surface area contributed by atoms with Gasteiger partial charge in [-0.3, -0.25) is 4.79 Å². The summed E-state index contributed by atoms with van der Waals surface area (Å²) in [5, 5.41) is 4.68. The summed E-state index contributed by atoms with van der Waals surface area (Å²) in [6.07, 6.45) is 10.8. The third-order valence-corrected chi connectivity index (χ3v) is 12.9. The van der Waals surface area contributed by atoms with Crippen LogP contribution in [0.15, 0.2) is 115 Å². The summed E-state index contributed by atoms with van der Waals surface area (Å²) in [7, 11) is -1.70. The largest absolute Gasteiger partial charge is 0.288 e. The molecule has 4 aromatic carbocycles. The van der Waals surface area contributed by atoms with E-state index in [1.54, 1.807) is 6.92 Å². The van der Waals surface area contributed by atoms with E-state index in [9.17, 15) is 4.79 Å². The van der Waals surface area contributed by atoms with Gasteiger partial charge in [0.15, 0.2) is 5.12 Å². The smallest absolute Gasteiger partial charge is 0.185 e. The van der Waals surface area contributed by atoms with E-state index in [0.717, 1.165) is 31.4 Å². The number of aryl methyl sites for hydroxylation is 2. The topological polar surface area (TPSA) is 17.1 Å². The zero-order chi connectivity index (χ0) is 27.2. The molecule has 0 aliphatic rings. The third-order valence-electron chi connectivity index (χ3n) is 7.49. The molecule has 3 heteroatoms. The summed E-state index contributed by atoms with van der Waals surface area (Å²) in [6.45, 7) is 1.65. The SMILES string of the molecule is CC(=O)SCCCCc1ccc(CCCCCC[P+](c2ccccc2)(c2ccccc2)c2ccccc2)cc1. The van der Waals surface area contributed by atoms with Crippen LogP contribution < -0.4 is 15.9 Å². The number of benzene rings is 4. The fourth-order valence-corrected chi connectivity index (χ4v) is 10.5. The average Bonchev–Trinajstić information content (AvgIpc) is 2.99. The van der Waals surface area contributed by atoms with Crippen LogP contribution in [-0.2, 0) is 17.6 Å². The second-order valence-corrected chi connectivity index (χ2v) is 15.2. The average molecular weight is 554 g/mol. The van der Waals surface area contributed by atoms with Crippen molar-refractivity contribution in [2.45, 2.75) is 58.3 Å². The quantitative estimate of drug-likeness (QED) is 0.109. The molecule has 0 saturated carbocycles. The Morgan fingerprint density at radius 1 is 0.538 bits per heavy atom. The second-order valence-electron chi connectivity index (χ2n) is 10.3. The highest BCUT2D eigenvalue weighted by Crippen LogP contribution is 2.56. The highest BCUT2D eigenvalue weighted by atomic mass is 32.2. The van der Waals surface area contributed by atoms with E-state index in [0.29, 0.717) is 0 Å². The fraction of sp³-hybridized carbons (Fsp3) is 0.306. The van der Waals surface area contributed by atoms with Crippen LogP contribution in [0.1, 0.15) is 56.6 Å². The third kappa shape index (κ3) is 8.66. The first-order chi connectivity index (χ1) is 19.2. The van der Waals surface area contributed by atoms with E-state index in [4.69, 9.17) is 0 Å². The monoisotopic (exact) mass is 553 g/mol. The van der Waals surface area contributed by atoms with Gasteiger partial charge in [-0.2, -0.15) is 0 Å². The molecule has 0 N–H and O–H groups in total. The molecule has 0 saturated heterocycles. The molecule has 4 aromatic rings. The van der Waals surface area contributed by atoms with Crippen LogP contribution in [0.2, 0.25) is 0 Å². The minimum atomic E-state index is -1.70. The van der Waals surface area contributed by atoms with Crippen molar-refractivity contribution in [2.75, 3.05) is 11.9 Å². The molecule has 0 fully saturated rings. The number of carbonyl (C=O) groups is 1. The van der Waals surface area contributed by atoms with Gasteiger partial charge in [0.1, 0.15) is 23.2 Å². The van der Waals surface area contributed by atoms with Crippen LogP contribution in [0.3, 0.4) is 0 Å². The lowest BCUT2D eigenvalue weighted by Crippen LogP contribution is -2.33. The van der Waals surface area contributed by atoms with Gasteiger partial charge >= 0.3 is 0 Å². The lowest BCUT2D eigenvalue weighted by molar-refractivity contribution is -0.109. The molecule has 0 radical (unpaired) electrons. The Kier molecular flexibility index (Phi) is 11.9. The molecule has 0 aliphatic heterocycles. The van der Waals surface area contributed by atoms with Crippen molar-refractivity contribution in [2.24, 2.45) is 0 Å². The molecule has 0 aliphatic carbocycles. The van der Waals surface area contributed by atoms with Gasteiger partial charge in [-0.25, -0.2) is 0 Å². The van der Waals surface area contributed by atoms with E-state index >= 15 is 0 Å². The molecular weight excluding hydrogens is 511 g/mol. The standard InChI is InChI=1S/C36H42OPS/c1-31(37)39-30-16-14-18-33-27-25-32(26-28-33)17-7-2-3-15-29-38(34-19-8-4-9-20-34,35-21-10-5-11-22-35)36-23-12-6-13-24-36/h4-6,8-13,19-28H,2-3,7,14-18,29-30H2,1H3/q+1. The first kappa shape index (κ1) is 29.3. The number of unbranched alkanes of at least 4 members (excludes halogenated alkanes) is 4. The molecule has 4 rings (SSSR count). The molecule has 0 atom stereocenters. The minimum Gasteiger partial charge on any atom is -0.288 e. The van der Waals surface area contributed by atoms with E-state index in [2.05, 4.69) is 115 Å². The van der Waals surface area contributed by atoms with E-state index in [1.165, 1.54) is 70.6 Å². The van der Waals surface area contributed by atoms with Crippen molar-refractivity contribution < 1.29 is 4.79 Å². The molecule has 0 heterocycles. The molecular formula is C36H42OPS+. The Morgan fingerprint density at radius 3 is 1.38 bits per heavy atom. The summed E-state index contributed by atoms with van der Waals surface area (Å²) >= 11 is 1.44. The van der Waals surface area contributed by atoms with E-state index < -0.39 is 7.26 Å². The maximum atomic E-state index is 11.0. The molecule has 0 unspecified atom stereocenters. The van der Waals surface area contributed by atoms with Gasteiger partial charge in [-0.15, -0.1) is 0 Å². The van der Waals surface area contributed by atoms with Crippen LogP contribution in [0, 0.1) is 0 Å². The number of carbonyl (C=O) groups excluding carboxylic acids is 1. The molecule has 0 aromatic heterocycles. The van der Waals surface area contributed by atoms with Gasteiger partial charge in [0, 0.05) is 12.7 Å². The fourth-order valence-electron chi connectivity index (χ4n) is 5.43. The maximum absolute atomic E-state index is 11.0. The highest BCUT2D eigenvalue weighted by Gasteiger charge is 2.44. The first-order valence-corrected chi connectivity index (χ1v) is 17.4. The zero-order valence-corrected chi connectivity index (χ0v) is 25.0. The summed E-state index contributed by atoms with van der Waals surface area (Å²) in [4.78, 5) is 11.0. The summed E-state index contributed by atoms with van der Waals surface area (Å²) in [5.74, 6) is 0.943. The number of thioether (sulfide) groups is 1. The minimum absolute atomic E-state index is 0.226. The van der Waals surface area contributed by atoms with Crippen molar-refractivity contribution in [3.63, 3.8) is 0 Å². The maximum Gasteiger partial charge on any atom is 0.185 e. The Balaban J connectivity index is 1.31. The Morgan fingerprint density at radius 2 is 0.949 bits per heavy atom. The normalized spacial score (nSPS) is 11.4. The molecule has 0 bridgehead atoms. The predicted molar refractivity (Wildman–Crippen MR) is 175 cm³/mol. The van der Waals surface area contributed by atoms with E-state index in [1.807, 2.05) is 0 Å². The molecule has 1 nitrogen and oxygen atoms in total. The van der Waals surface area contributed by atoms with Crippen LogP contribution in [0.25, 0.3) is 0 Å². The second kappa shape index (κ2) is 15.8. The first-order valence-electron chi connectivity index (χ1n) is 14.4. The molecule has 0 spiro atoms. The van der Waals surface area contributed by atoms with Gasteiger partial charge in [0.2, 0.25) is 0 Å². The van der Waals surface area contributed by atoms with Gasteiger partial charge in [0.05, 0.1) is 6.16 Å². The summed E-state index contributed by atoms with van der Waals surface area (Å²) in [6, 6.07) is 43.0.